The Hall–Kier alpha value is -1.93. The van der Waals surface area contributed by atoms with Crippen molar-refractivity contribution in [2.24, 2.45) is 27.6 Å². The average Bonchev–Trinajstić information content (AvgIpc) is 3.67. The fourth-order valence-electron chi connectivity index (χ4n) is 8.77. The summed E-state index contributed by atoms with van der Waals surface area (Å²) >= 11 is 0. The Bertz CT molecular complexity index is 1530. The molecule has 2 atom stereocenters. The molecule has 1 saturated carbocycles. The van der Waals surface area contributed by atoms with Crippen LogP contribution in [-0.2, 0) is 32.3 Å². The topological polar surface area (TPSA) is 0 Å². The van der Waals surface area contributed by atoms with Gasteiger partial charge in [-0.2, -0.15) is 34.9 Å². The molecule has 0 saturated heterocycles. The van der Waals surface area contributed by atoms with Crippen LogP contribution < -0.4 is 24.8 Å². The number of hydrogen-bond acceptors (Lipinski definition) is 0. The van der Waals surface area contributed by atoms with Crippen molar-refractivity contribution in [2.75, 3.05) is 0 Å². The Morgan fingerprint density at radius 2 is 1.42 bits per heavy atom. The molecule has 3 heteroatoms. The van der Waals surface area contributed by atoms with Crippen LogP contribution in [0.25, 0.3) is 16.7 Å². The van der Waals surface area contributed by atoms with Gasteiger partial charge >= 0.3 is 25.8 Å². The molecule has 0 nitrogen and oxygen atoms in total. The monoisotopic (exact) mass is 804 g/mol. The Balaban J connectivity index is 0.000000374. The fraction of sp³-hybridized carbons (Fsp3) is 0.381. The summed E-state index contributed by atoms with van der Waals surface area (Å²) in [7, 11) is 0. The maximum absolute atomic E-state index is 3.00. The molecule has 0 bridgehead atoms. The normalized spacial score (nSPS) is 23.9. The largest absolute Gasteiger partial charge is 4.00 e. The van der Waals surface area contributed by atoms with Crippen LogP contribution in [-0.4, -0.2) is 0 Å². The van der Waals surface area contributed by atoms with Gasteiger partial charge in [0.2, 0.25) is 0 Å². The predicted molar refractivity (Wildman–Crippen MR) is 183 cm³/mol. The Morgan fingerprint density at radius 3 is 2.04 bits per heavy atom. The molecule has 7 rings (SSSR count). The van der Waals surface area contributed by atoms with Crippen LogP contribution in [0.1, 0.15) is 79.4 Å². The van der Waals surface area contributed by atoms with E-state index in [1.165, 1.54) is 35.1 Å². The first-order valence-electron chi connectivity index (χ1n) is 15.8. The Kier molecular flexibility index (Phi) is 12.6. The van der Waals surface area contributed by atoms with Gasteiger partial charge in [-0.25, -0.2) is 12.0 Å². The molecule has 0 aliphatic heterocycles. The van der Waals surface area contributed by atoms with Crippen molar-refractivity contribution in [1.82, 2.24) is 0 Å². The van der Waals surface area contributed by atoms with Crippen LogP contribution in [0.3, 0.4) is 0 Å². The maximum atomic E-state index is 3.00. The quantitative estimate of drug-likeness (QED) is 0.165. The summed E-state index contributed by atoms with van der Waals surface area (Å²) in [5.41, 5.74) is 12.9. The molecule has 4 aliphatic rings. The van der Waals surface area contributed by atoms with E-state index >= 15 is 0 Å². The van der Waals surface area contributed by atoms with E-state index in [0.717, 1.165) is 6.42 Å². The number of benzene rings is 2. The third-order valence-corrected chi connectivity index (χ3v) is 12.6. The minimum atomic E-state index is 0. The summed E-state index contributed by atoms with van der Waals surface area (Å²) in [4.78, 5) is 0. The third kappa shape index (κ3) is 5.78. The fourth-order valence-corrected chi connectivity index (χ4v) is 8.77. The minimum Gasteiger partial charge on any atom is -1.00 e. The molecule has 1 fully saturated rings. The number of fused-ring (bicyclic) bond motifs is 6. The van der Waals surface area contributed by atoms with E-state index in [1.54, 1.807) is 28.2 Å². The molecule has 0 radical (unpaired) electrons. The van der Waals surface area contributed by atoms with E-state index in [9.17, 15) is 0 Å². The van der Waals surface area contributed by atoms with Gasteiger partial charge in [0.05, 0.1) is 0 Å². The zero-order valence-electron chi connectivity index (χ0n) is 28.5. The molecule has 2 unspecified atom stereocenters. The van der Waals surface area contributed by atoms with Gasteiger partial charge in [-0.15, -0.1) is 20.1 Å². The van der Waals surface area contributed by atoms with Crippen LogP contribution in [0.4, 0.5) is 0 Å². The van der Waals surface area contributed by atoms with Crippen molar-refractivity contribution in [2.45, 2.75) is 74.7 Å². The summed E-state index contributed by atoms with van der Waals surface area (Å²) in [5, 5.41) is 0. The standard InChI is InChI=1S/C29H37.C11H9.C2H4.2ClH.Hf/c1-18-25-22-17-19-13-9-10-14-20(19)24(22)21-15-11-12-16-23(21)29(25,8)28(6,7)27(4,5)26(18,2)3;1-2-6-10(7-3-1)11-8-4-5-9-11;1-2;;;/h9-11,13-15,23H,12,16-17H2,1-8H3;1-9H;1-2H2;2*1H;/q2*-1;;;;+4/p-2. The zero-order valence-corrected chi connectivity index (χ0v) is 33.6. The first-order valence-corrected chi connectivity index (χ1v) is 15.8. The van der Waals surface area contributed by atoms with Gasteiger partial charge in [-0.05, 0) is 40.6 Å². The predicted octanol–water partition coefficient (Wildman–Crippen LogP) is 5.85. The van der Waals surface area contributed by atoms with Crippen LogP contribution in [0.2, 0.25) is 0 Å². The summed E-state index contributed by atoms with van der Waals surface area (Å²) in [5.74, 6) is 2.24. The minimum absolute atomic E-state index is 0. The van der Waals surface area contributed by atoms with Gasteiger partial charge in [-0.3, -0.25) is 0 Å². The van der Waals surface area contributed by atoms with Crippen molar-refractivity contribution in [3.63, 3.8) is 0 Å². The molecule has 236 valence electrons. The second kappa shape index (κ2) is 14.5. The van der Waals surface area contributed by atoms with E-state index in [1.807, 2.05) is 6.07 Å². The number of allylic oxidation sites excluding steroid dienone is 6. The first-order chi connectivity index (χ1) is 19.9. The summed E-state index contributed by atoms with van der Waals surface area (Å²) in [6.45, 7) is 26.3. The molecule has 0 spiro atoms. The van der Waals surface area contributed by atoms with Gasteiger partial charge in [0.1, 0.15) is 0 Å². The molecule has 0 heterocycles. The van der Waals surface area contributed by atoms with Gasteiger partial charge in [0.25, 0.3) is 0 Å². The SMILES string of the molecule is C=C.C[C-]1C2=C3Cc4ccccc4C3=C3C=CCCC3C2(C)C(C)(C)C(C)(C)C1(C)C.[Cl-].[Cl-].[Hf+4].c1ccc(-c2cc[cH-]c2)cc1. The van der Waals surface area contributed by atoms with Crippen molar-refractivity contribution in [3.8, 4) is 11.1 Å². The van der Waals surface area contributed by atoms with E-state index in [4.69, 9.17) is 0 Å². The maximum Gasteiger partial charge on any atom is 4.00 e. The van der Waals surface area contributed by atoms with E-state index in [-0.39, 0.29) is 72.3 Å². The van der Waals surface area contributed by atoms with Crippen molar-refractivity contribution < 1.29 is 50.7 Å². The summed E-state index contributed by atoms with van der Waals surface area (Å²) in [6, 6.07) is 27.9. The molecule has 0 N–H and O–H groups in total. The van der Waals surface area contributed by atoms with Gasteiger partial charge < -0.3 is 24.8 Å². The average molecular weight is 804 g/mol. The zero-order chi connectivity index (χ0) is 30.5. The van der Waals surface area contributed by atoms with Crippen LogP contribution >= 0.6 is 0 Å². The van der Waals surface area contributed by atoms with Crippen LogP contribution in [0, 0.1) is 33.5 Å². The number of hydrogen-bond donors (Lipinski definition) is 0. The molecule has 0 aromatic heterocycles. The molecule has 3 aromatic rings. The first kappa shape index (κ1) is 39.2. The third-order valence-electron chi connectivity index (χ3n) is 12.6. The number of rotatable bonds is 1. The van der Waals surface area contributed by atoms with Crippen molar-refractivity contribution in [1.29, 1.82) is 0 Å². The smallest absolute Gasteiger partial charge is 1.00 e. The van der Waals surface area contributed by atoms with E-state index < -0.39 is 0 Å². The molecule has 4 aliphatic carbocycles. The van der Waals surface area contributed by atoms with Gasteiger partial charge in [0.15, 0.2) is 0 Å². The van der Waals surface area contributed by atoms with Crippen LogP contribution in [0.15, 0.2) is 121 Å². The van der Waals surface area contributed by atoms with E-state index in [2.05, 4.69) is 153 Å². The van der Waals surface area contributed by atoms with Gasteiger partial charge in [-0.1, -0.05) is 149 Å². The summed E-state index contributed by atoms with van der Waals surface area (Å²) < 4.78 is 0. The Labute approximate surface area is 305 Å². The number of halogens is 2. The molecule has 0 amide bonds. The molecule has 45 heavy (non-hydrogen) atoms. The Morgan fingerprint density at radius 1 is 0.800 bits per heavy atom. The van der Waals surface area contributed by atoms with Gasteiger partial charge in [0, 0.05) is 0 Å². The van der Waals surface area contributed by atoms with E-state index in [0.29, 0.717) is 5.92 Å². The second-order valence-electron chi connectivity index (χ2n) is 14.3. The van der Waals surface area contributed by atoms with Crippen LogP contribution in [0.5, 0.6) is 0 Å². The van der Waals surface area contributed by atoms with Crippen molar-refractivity contribution in [3.05, 3.63) is 138 Å². The summed E-state index contributed by atoms with van der Waals surface area (Å²) in [6.07, 6.45) is 8.50. The molecular weight excluding hydrogens is 754 g/mol. The molecule has 3 aromatic carbocycles. The second-order valence-corrected chi connectivity index (χ2v) is 14.3. The molecular formula is C42H50Cl2Hf. The van der Waals surface area contributed by atoms with Crippen molar-refractivity contribution >= 4 is 5.57 Å².